The molecule has 4 saturated carbocycles. The van der Waals surface area contributed by atoms with Gasteiger partial charge in [0, 0.05) is 5.54 Å². The van der Waals surface area contributed by atoms with Crippen LogP contribution in [0.3, 0.4) is 0 Å². The smallest absolute Gasteiger partial charge is 0.306 e. The predicted molar refractivity (Wildman–Crippen MR) is 79.6 cm³/mol. The van der Waals surface area contributed by atoms with Crippen molar-refractivity contribution < 1.29 is 9.90 Å². The largest absolute Gasteiger partial charge is 0.481 e. The van der Waals surface area contributed by atoms with Crippen LogP contribution in [-0.2, 0) is 4.79 Å². The summed E-state index contributed by atoms with van der Waals surface area (Å²) in [5.74, 6) is 2.11. The number of aliphatic carboxylic acids is 1. The minimum Gasteiger partial charge on any atom is -0.481 e. The van der Waals surface area contributed by atoms with Gasteiger partial charge in [0.05, 0.1) is 5.92 Å². The van der Waals surface area contributed by atoms with Gasteiger partial charge in [0.2, 0.25) is 0 Å². The predicted octanol–water partition coefficient (Wildman–Crippen LogP) is 3.39. The molecule has 0 aliphatic heterocycles. The van der Waals surface area contributed by atoms with Crippen LogP contribution in [0.1, 0.15) is 58.3 Å². The van der Waals surface area contributed by atoms with Gasteiger partial charge in [0.25, 0.3) is 0 Å². The average molecular weight is 279 g/mol. The zero-order chi connectivity index (χ0) is 14.3. The Morgan fingerprint density at radius 2 is 1.70 bits per heavy atom. The second-order valence-electron chi connectivity index (χ2n) is 7.80. The van der Waals surface area contributed by atoms with E-state index in [2.05, 4.69) is 11.9 Å². The van der Waals surface area contributed by atoms with E-state index in [-0.39, 0.29) is 5.92 Å². The second-order valence-corrected chi connectivity index (χ2v) is 7.80. The van der Waals surface area contributed by atoms with Gasteiger partial charge in [0.15, 0.2) is 0 Å². The van der Waals surface area contributed by atoms with Gasteiger partial charge in [0.1, 0.15) is 0 Å². The van der Waals surface area contributed by atoms with E-state index in [0.29, 0.717) is 5.54 Å². The highest BCUT2D eigenvalue weighted by Gasteiger charge is 2.52. The number of nitrogens with zero attached hydrogens (tertiary/aromatic N) is 1. The Balaban J connectivity index is 1.62. The Morgan fingerprint density at radius 1 is 1.20 bits per heavy atom. The first-order chi connectivity index (χ1) is 9.52. The van der Waals surface area contributed by atoms with Crippen molar-refractivity contribution in [1.29, 1.82) is 0 Å². The Bertz CT molecular complexity index is 344. The quantitative estimate of drug-likeness (QED) is 0.810. The van der Waals surface area contributed by atoms with E-state index in [0.717, 1.165) is 37.1 Å². The molecule has 4 fully saturated rings. The molecule has 3 heteroatoms. The molecule has 0 heterocycles. The number of carbonyl (C=O) groups is 1. The fourth-order valence-electron chi connectivity index (χ4n) is 5.62. The van der Waals surface area contributed by atoms with Gasteiger partial charge in [-0.1, -0.05) is 6.92 Å². The first-order valence-corrected chi connectivity index (χ1v) is 8.46. The SMILES string of the molecule is CCC(CCN(C)C12CC3CC(CC(C3)C1)C2)C(=O)O. The Morgan fingerprint density at radius 3 is 2.10 bits per heavy atom. The van der Waals surface area contributed by atoms with Crippen LogP contribution in [0.15, 0.2) is 0 Å². The van der Waals surface area contributed by atoms with Crippen molar-refractivity contribution in [1.82, 2.24) is 4.90 Å². The summed E-state index contributed by atoms with van der Waals surface area (Å²) in [6, 6.07) is 0. The monoisotopic (exact) mass is 279 g/mol. The van der Waals surface area contributed by atoms with E-state index < -0.39 is 5.97 Å². The zero-order valence-electron chi connectivity index (χ0n) is 13.0. The molecule has 4 rings (SSSR count). The normalized spacial score (nSPS) is 40.2. The molecule has 0 saturated heterocycles. The minimum absolute atomic E-state index is 0.161. The van der Waals surface area contributed by atoms with Gasteiger partial charge in [-0.3, -0.25) is 4.79 Å². The topological polar surface area (TPSA) is 40.5 Å². The summed E-state index contributed by atoms with van der Waals surface area (Å²) < 4.78 is 0. The molecule has 1 N–H and O–H groups in total. The van der Waals surface area contributed by atoms with Crippen molar-refractivity contribution in [3.05, 3.63) is 0 Å². The Kier molecular flexibility index (Phi) is 3.83. The van der Waals surface area contributed by atoms with Crippen molar-refractivity contribution in [2.45, 2.75) is 63.8 Å². The number of hydrogen-bond acceptors (Lipinski definition) is 2. The molecule has 20 heavy (non-hydrogen) atoms. The van der Waals surface area contributed by atoms with Gasteiger partial charge in [-0.25, -0.2) is 0 Å². The maximum absolute atomic E-state index is 11.2. The molecule has 0 aromatic heterocycles. The van der Waals surface area contributed by atoms with E-state index in [4.69, 9.17) is 0 Å². The molecule has 0 spiro atoms. The van der Waals surface area contributed by atoms with Gasteiger partial charge < -0.3 is 10.0 Å². The highest BCUT2D eigenvalue weighted by atomic mass is 16.4. The third-order valence-electron chi connectivity index (χ3n) is 6.47. The molecule has 0 radical (unpaired) electrons. The van der Waals surface area contributed by atoms with Gasteiger partial charge in [-0.15, -0.1) is 0 Å². The number of hydrogen-bond donors (Lipinski definition) is 1. The van der Waals surface area contributed by atoms with E-state index in [1.807, 2.05) is 6.92 Å². The lowest BCUT2D eigenvalue weighted by Crippen LogP contribution is -2.59. The fraction of sp³-hybridized carbons (Fsp3) is 0.941. The molecule has 4 aliphatic carbocycles. The summed E-state index contributed by atoms with van der Waals surface area (Å²) in [7, 11) is 2.25. The van der Waals surface area contributed by atoms with Crippen molar-refractivity contribution in [3.8, 4) is 0 Å². The van der Waals surface area contributed by atoms with Crippen LogP contribution in [0.4, 0.5) is 0 Å². The van der Waals surface area contributed by atoms with Crippen molar-refractivity contribution in [2.75, 3.05) is 13.6 Å². The van der Waals surface area contributed by atoms with Gasteiger partial charge in [-0.05, 0) is 82.7 Å². The van der Waals surface area contributed by atoms with Gasteiger partial charge in [-0.2, -0.15) is 0 Å². The average Bonchev–Trinajstić information content (AvgIpc) is 2.37. The van der Waals surface area contributed by atoms with Crippen molar-refractivity contribution in [3.63, 3.8) is 0 Å². The molecule has 0 aromatic carbocycles. The van der Waals surface area contributed by atoms with Crippen LogP contribution in [0.5, 0.6) is 0 Å². The minimum atomic E-state index is -0.619. The summed E-state index contributed by atoms with van der Waals surface area (Å²) in [6.07, 6.45) is 10.1. The maximum Gasteiger partial charge on any atom is 0.306 e. The molecular weight excluding hydrogens is 250 g/mol. The molecule has 1 atom stereocenters. The molecule has 4 bridgehead atoms. The lowest BCUT2D eigenvalue weighted by atomic mass is 9.52. The Hall–Kier alpha value is -0.570. The fourth-order valence-corrected chi connectivity index (χ4v) is 5.62. The van der Waals surface area contributed by atoms with Crippen LogP contribution in [0, 0.1) is 23.7 Å². The summed E-state index contributed by atoms with van der Waals surface area (Å²) in [5, 5.41) is 9.20. The first-order valence-electron chi connectivity index (χ1n) is 8.46. The number of carboxylic acid groups (broad SMARTS) is 1. The van der Waals surface area contributed by atoms with Crippen molar-refractivity contribution in [2.24, 2.45) is 23.7 Å². The van der Waals surface area contributed by atoms with E-state index in [9.17, 15) is 9.90 Å². The van der Waals surface area contributed by atoms with Crippen molar-refractivity contribution >= 4 is 5.97 Å². The lowest BCUT2D eigenvalue weighted by molar-refractivity contribution is -0.142. The van der Waals surface area contributed by atoms with E-state index in [1.165, 1.54) is 38.5 Å². The van der Waals surface area contributed by atoms with Crippen LogP contribution in [0.25, 0.3) is 0 Å². The molecule has 0 aromatic rings. The van der Waals surface area contributed by atoms with Crippen LogP contribution in [-0.4, -0.2) is 35.1 Å². The molecular formula is C17H29NO2. The highest BCUT2D eigenvalue weighted by Crippen LogP contribution is 2.57. The lowest BCUT2D eigenvalue weighted by Gasteiger charge is -2.60. The van der Waals surface area contributed by atoms with Crippen LogP contribution >= 0.6 is 0 Å². The number of carboxylic acids is 1. The summed E-state index contributed by atoms with van der Waals surface area (Å²) >= 11 is 0. The summed E-state index contributed by atoms with van der Waals surface area (Å²) in [4.78, 5) is 13.7. The first kappa shape index (κ1) is 14.4. The summed E-state index contributed by atoms with van der Waals surface area (Å²) in [6.45, 7) is 2.94. The molecule has 114 valence electrons. The molecule has 0 amide bonds. The maximum atomic E-state index is 11.2. The molecule has 1 unspecified atom stereocenters. The van der Waals surface area contributed by atoms with Crippen LogP contribution in [0.2, 0.25) is 0 Å². The standard InChI is InChI=1S/C17H29NO2/c1-3-15(16(19)20)4-5-18(2)17-9-12-6-13(10-17)8-14(7-12)11-17/h12-15H,3-11H2,1-2H3,(H,19,20). The summed E-state index contributed by atoms with van der Waals surface area (Å²) in [5.41, 5.74) is 0.422. The van der Waals surface area contributed by atoms with E-state index >= 15 is 0 Å². The second kappa shape index (κ2) is 5.32. The molecule has 4 aliphatic rings. The van der Waals surface area contributed by atoms with Gasteiger partial charge >= 0.3 is 5.97 Å². The zero-order valence-corrected chi connectivity index (χ0v) is 13.0. The third kappa shape index (κ3) is 2.49. The van der Waals surface area contributed by atoms with E-state index in [1.54, 1.807) is 0 Å². The van der Waals surface area contributed by atoms with Crippen LogP contribution < -0.4 is 0 Å². The number of rotatable bonds is 6. The Labute approximate surface area is 122 Å². The highest BCUT2D eigenvalue weighted by molar-refractivity contribution is 5.69. The molecule has 3 nitrogen and oxygen atoms in total. The third-order valence-corrected chi connectivity index (χ3v) is 6.47.